The van der Waals surface area contributed by atoms with Gasteiger partial charge in [-0.3, -0.25) is 4.79 Å². The molecule has 1 rings (SSSR count). The zero-order valence-corrected chi connectivity index (χ0v) is 9.66. The summed E-state index contributed by atoms with van der Waals surface area (Å²) in [6.45, 7) is 5.62. The lowest BCUT2D eigenvalue weighted by Gasteiger charge is -2.44. The van der Waals surface area contributed by atoms with Crippen LogP contribution in [-0.2, 0) is 4.79 Å². The lowest BCUT2D eigenvalue weighted by atomic mass is 9.87. The molecule has 0 aromatic carbocycles. The quantitative estimate of drug-likeness (QED) is 0.674. The Kier molecular flexibility index (Phi) is 3.78. The first kappa shape index (κ1) is 11.8. The fourth-order valence-electron chi connectivity index (χ4n) is 2.40. The second kappa shape index (κ2) is 4.49. The maximum absolute atomic E-state index is 11.4. The Labute approximate surface area is 90.0 Å². The molecule has 82 valence electrons. The molecule has 0 aliphatic carbocycles. The van der Waals surface area contributed by atoms with E-state index in [1.54, 1.807) is 6.92 Å². The second-order valence-electron chi connectivity index (χ2n) is 4.14. The molecule has 4 heteroatoms. The standard InChI is InChI=1S/C10H18ClNO2/c1-6-4-9(5-13)10(11)7(2)12(6)8(3)14/h6-7,9-10,13H,4-5H2,1-3H3. The van der Waals surface area contributed by atoms with Gasteiger partial charge in [0.2, 0.25) is 5.91 Å². The van der Waals surface area contributed by atoms with Gasteiger partial charge in [-0.1, -0.05) is 0 Å². The molecule has 1 aliphatic rings. The lowest BCUT2D eigenvalue weighted by molar-refractivity contribution is -0.136. The number of likely N-dealkylation sites (tertiary alicyclic amines) is 1. The van der Waals surface area contributed by atoms with E-state index in [1.807, 2.05) is 18.7 Å². The lowest BCUT2D eigenvalue weighted by Crippen LogP contribution is -2.55. The molecular formula is C10H18ClNO2. The van der Waals surface area contributed by atoms with Gasteiger partial charge in [-0.05, 0) is 20.3 Å². The number of nitrogens with zero attached hydrogens (tertiary/aromatic N) is 1. The van der Waals surface area contributed by atoms with Crippen LogP contribution in [-0.4, -0.2) is 40.0 Å². The van der Waals surface area contributed by atoms with Crippen molar-refractivity contribution in [3.8, 4) is 0 Å². The summed E-state index contributed by atoms with van der Waals surface area (Å²) < 4.78 is 0. The largest absolute Gasteiger partial charge is 0.396 e. The van der Waals surface area contributed by atoms with Crippen LogP contribution in [0.25, 0.3) is 0 Å². The first-order valence-corrected chi connectivity index (χ1v) is 5.46. The van der Waals surface area contributed by atoms with Gasteiger partial charge in [0, 0.05) is 31.5 Å². The number of piperidine rings is 1. The third-order valence-electron chi connectivity index (χ3n) is 3.07. The van der Waals surface area contributed by atoms with Crippen molar-refractivity contribution in [1.82, 2.24) is 4.90 Å². The number of alkyl halides is 1. The van der Waals surface area contributed by atoms with E-state index in [2.05, 4.69) is 0 Å². The van der Waals surface area contributed by atoms with Gasteiger partial charge in [0.05, 0.1) is 5.38 Å². The molecule has 14 heavy (non-hydrogen) atoms. The number of carbonyl (C=O) groups is 1. The van der Waals surface area contributed by atoms with E-state index in [0.29, 0.717) is 0 Å². The Balaban J connectivity index is 2.79. The maximum atomic E-state index is 11.4. The first-order valence-electron chi connectivity index (χ1n) is 5.02. The van der Waals surface area contributed by atoms with Crippen molar-refractivity contribution >= 4 is 17.5 Å². The number of hydrogen-bond donors (Lipinski definition) is 1. The summed E-state index contributed by atoms with van der Waals surface area (Å²) in [4.78, 5) is 13.2. The van der Waals surface area contributed by atoms with Crippen LogP contribution < -0.4 is 0 Å². The summed E-state index contributed by atoms with van der Waals surface area (Å²) in [5, 5.41) is 9.00. The number of rotatable bonds is 1. The van der Waals surface area contributed by atoms with Gasteiger partial charge in [-0.25, -0.2) is 0 Å². The SMILES string of the molecule is CC(=O)N1C(C)CC(CO)C(Cl)C1C. The molecule has 1 fully saturated rings. The molecule has 1 amide bonds. The van der Waals surface area contributed by atoms with E-state index in [-0.39, 0.29) is 35.9 Å². The topological polar surface area (TPSA) is 40.5 Å². The Hall–Kier alpha value is -0.280. The average Bonchev–Trinajstić information content (AvgIpc) is 2.10. The average molecular weight is 220 g/mol. The van der Waals surface area contributed by atoms with Gasteiger partial charge in [0.1, 0.15) is 0 Å². The number of carbonyl (C=O) groups excluding carboxylic acids is 1. The first-order chi connectivity index (χ1) is 6.49. The van der Waals surface area contributed by atoms with E-state index >= 15 is 0 Å². The van der Waals surface area contributed by atoms with Crippen LogP contribution >= 0.6 is 11.6 Å². The minimum Gasteiger partial charge on any atom is -0.396 e. The van der Waals surface area contributed by atoms with Crippen molar-refractivity contribution in [3.63, 3.8) is 0 Å². The van der Waals surface area contributed by atoms with Crippen LogP contribution in [0.15, 0.2) is 0 Å². The van der Waals surface area contributed by atoms with Crippen molar-refractivity contribution in [3.05, 3.63) is 0 Å². The van der Waals surface area contributed by atoms with Crippen molar-refractivity contribution in [2.45, 2.75) is 44.7 Å². The molecule has 1 saturated heterocycles. The molecule has 0 spiro atoms. The highest BCUT2D eigenvalue weighted by Crippen LogP contribution is 2.31. The van der Waals surface area contributed by atoms with Gasteiger partial charge >= 0.3 is 0 Å². The van der Waals surface area contributed by atoms with Crippen LogP contribution in [0.4, 0.5) is 0 Å². The Morgan fingerprint density at radius 1 is 1.57 bits per heavy atom. The molecule has 3 nitrogen and oxygen atoms in total. The predicted molar refractivity (Wildman–Crippen MR) is 56.3 cm³/mol. The number of halogens is 1. The van der Waals surface area contributed by atoms with Gasteiger partial charge < -0.3 is 10.0 Å². The van der Waals surface area contributed by atoms with E-state index in [1.165, 1.54) is 0 Å². The minimum absolute atomic E-state index is 0.00932. The molecule has 1 aliphatic heterocycles. The number of amides is 1. The third-order valence-corrected chi connectivity index (χ3v) is 3.79. The summed E-state index contributed by atoms with van der Waals surface area (Å²) in [5.41, 5.74) is 0. The van der Waals surface area contributed by atoms with Crippen LogP contribution in [0.2, 0.25) is 0 Å². The maximum Gasteiger partial charge on any atom is 0.219 e. The molecule has 0 bridgehead atoms. The van der Waals surface area contributed by atoms with Gasteiger partial charge in [0.15, 0.2) is 0 Å². The van der Waals surface area contributed by atoms with Crippen LogP contribution in [0.1, 0.15) is 27.2 Å². The number of aliphatic hydroxyl groups is 1. The third kappa shape index (κ3) is 2.04. The van der Waals surface area contributed by atoms with Crippen molar-refractivity contribution < 1.29 is 9.90 Å². The highest BCUT2D eigenvalue weighted by atomic mass is 35.5. The second-order valence-corrected chi connectivity index (χ2v) is 4.64. The normalized spacial score (nSPS) is 38.5. The van der Waals surface area contributed by atoms with E-state index < -0.39 is 0 Å². The summed E-state index contributed by atoms with van der Waals surface area (Å²) in [6, 6.07) is 0.185. The highest BCUT2D eigenvalue weighted by molar-refractivity contribution is 6.21. The molecule has 0 aromatic heterocycles. The Morgan fingerprint density at radius 3 is 2.57 bits per heavy atom. The Bertz CT molecular complexity index is 222. The van der Waals surface area contributed by atoms with Gasteiger partial charge in [-0.15, -0.1) is 11.6 Å². The van der Waals surface area contributed by atoms with Gasteiger partial charge in [-0.2, -0.15) is 0 Å². The number of aliphatic hydroxyl groups excluding tert-OH is 1. The smallest absolute Gasteiger partial charge is 0.219 e. The van der Waals surface area contributed by atoms with Crippen LogP contribution in [0.5, 0.6) is 0 Å². The summed E-state index contributed by atoms with van der Waals surface area (Å²) in [5.74, 6) is 0.171. The predicted octanol–water partition coefficient (Wildman–Crippen LogP) is 1.23. The van der Waals surface area contributed by atoms with Crippen LogP contribution in [0, 0.1) is 5.92 Å². The molecule has 1 N–H and O–H groups in total. The highest BCUT2D eigenvalue weighted by Gasteiger charge is 2.38. The fourth-order valence-corrected chi connectivity index (χ4v) is 2.71. The zero-order chi connectivity index (χ0) is 10.9. The van der Waals surface area contributed by atoms with E-state index in [4.69, 9.17) is 16.7 Å². The molecular weight excluding hydrogens is 202 g/mol. The molecule has 0 saturated carbocycles. The summed E-state index contributed by atoms with van der Waals surface area (Å²) >= 11 is 6.18. The van der Waals surface area contributed by atoms with E-state index in [9.17, 15) is 4.79 Å². The van der Waals surface area contributed by atoms with E-state index in [0.717, 1.165) is 6.42 Å². The minimum atomic E-state index is -0.139. The number of hydrogen-bond acceptors (Lipinski definition) is 2. The zero-order valence-electron chi connectivity index (χ0n) is 8.90. The van der Waals surface area contributed by atoms with Crippen molar-refractivity contribution in [2.75, 3.05) is 6.61 Å². The molecule has 1 heterocycles. The van der Waals surface area contributed by atoms with Crippen molar-refractivity contribution in [1.29, 1.82) is 0 Å². The molecule has 0 radical (unpaired) electrons. The monoisotopic (exact) mass is 219 g/mol. The molecule has 4 unspecified atom stereocenters. The summed E-state index contributed by atoms with van der Waals surface area (Å²) in [7, 11) is 0. The van der Waals surface area contributed by atoms with Crippen molar-refractivity contribution in [2.24, 2.45) is 5.92 Å². The molecule has 0 aromatic rings. The Morgan fingerprint density at radius 2 is 2.14 bits per heavy atom. The molecule has 4 atom stereocenters. The van der Waals surface area contributed by atoms with Crippen LogP contribution in [0.3, 0.4) is 0 Å². The summed E-state index contributed by atoms with van der Waals surface area (Å²) in [6.07, 6.45) is 0.786. The van der Waals surface area contributed by atoms with Gasteiger partial charge in [0.25, 0.3) is 0 Å². The fraction of sp³-hybridized carbons (Fsp3) is 0.900.